The second kappa shape index (κ2) is 7.72. The third kappa shape index (κ3) is 5.08. The lowest BCUT2D eigenvalue weighted by Crippen LogP contribution is -2.25. The number of aryl methyl sites for hydroxylation is 1. The molecule has 0 aliphatic carbocycles. The molecule has 1 aromatic carbocycles. The molecule has 0 radical (unpaired) electrons. The fourth-order valence-corrected chi connectivity index (χ4v) is 2.92. The Morgan fingerprint density at radius 1 is 1.16 bits per heavy atom. The van der Waals surface area contributed by atoms with E-state index >= 15 is 0 Å². The van der Waals surface area contributed by atoms with Crippen LogP contribution < -0.4 is 5.73 Å². The van der Waals surface area contributed by atoms with Crippen molar-refractivity contribution in [1.29, 1.82) is 0 Å². The summed E-state index contributed by atoms with van der Waals surface area (Å²) in [6, 6.07) is 7.81. The minimum atomic E-state index is -0.476. The maximum atomic E-state index is 12.3. The number of anilines is 1. The molecule has 0 saturated heterocycles. The van der Waals surface area contributed by atoms with Crippen LogP contribution in [0.3, 0.4) is 0 Å². The van der Waals surface area contributed by atoms with E-state index in [4.69, 9.17) is 15.6 Å². The number of aromatic nitrogens is 2. The first-order valence-electron chi connectivity index (χ1n) is 8.87. The summed E-state index contributed by atoms with van der Waals surface area (Å²) in [4.78, 5) is 12.3. The Labute approximate surface area is 150 Å². The summed E-state index contributed by atoms with van der Waals surface area (Å²) in [6.45, 7) is 10.5. The largest absolute Gasteiger partial charge is 0.460 e. The summed E-state index contributed by atoms with van der Waals surface area (Å²) in [5.41, 5.74) is 10.2. The van der Waals surface area contributed by atoms with Gasteiger partial charge in [-0.25, -0.2) is 0 Å². The number of benzene rings is 1. The Morgan fingerprint density at radius 2 is 1.80 bits per heavy atom. The van der Waals surface area contributed by atoms with Crippen LogP contribution in [0, 0.1) is 0 Å². The van der Waals surface area contributed by atoms with Gasteiger partial charge >= 0.3 is 5.97 Å². The molecule has 2 rings (SSSR count). The summed E-state index contributed by atoms with van der Waals surface area (Å²) < 4.78 is 7.50. The van der Waals surface area contributed by atoms with Crippen molar-refractivity contribution in [2.24, 2.45) is 0 Å². The lowest BCUT2D eigenvalue weighted by atomic mass is 10.1. The lowest BCUT2D eigenvalue weighted by Gasteiger charge is -2.19. The molecule has 5 heteroatoms. The third-order valence-corrected chi connectivity index (χ3v) is 3.97. The zero-order chi connectivity index (χ0) is 18.6. The highest BCUT2D eigenvalue weighted by atomic mass is 16.6. The summed E-state index contributed by atoms with van der Waals surface area (Å²) in [5.74, 6) is -0.205. The van der Waals surface area contributed by atoms with Gasteiger partial charge in [-0.2, -0.15) is 5.10 Å². The van der Waals surface area contributed by atoms with Crippen LogP contribution in [0.2, 0.25) is 0 Å². The van der Waals surface area contributed by atoms with E-state index in [-0.39, 0.29) is 12.4 Å². The molecular formula is C20H29N3O2. The number of nitrogen functional groups attached to an aromatic ring is 1. The van der Waals surface area contributed by atoms with Crippen LogP contribution in [0.5, 0.6) is 0 Å². The number of rotatable bonds is 6. The molecule has 136 valence electrons. The maximum Gasteiger partial charge on any atom is 0.310 e. The molecule has 0 atom stereocenters. The second-order valence-electron chi connectivity index (χ2n) is 7.24. The topological polar surface area (TPSA) is 70.1 Å². The van der Waals surface area contributed by atoms with Gasteiger partial charge in [0, 0.05) is 16.9 Å². The average molecular weight is 343 g/mol. The molecule has 0 fully saturated rings. The van der Waals surface area contributed by atoms with Crippen molar-refractivity contribution >= 4 is 11.7 Å². The average Bonchev–Trinajstić information content (AvgIpc) is 2.84. The zero-order valence-corrected chi connectivity index (χ0v) is 15.9. The van der Waals surface area contributed by atoms with E-state index in [2.05, 4.69) is 13.8 Å². The van der Waals surface area contributed by atoms with E-state index in [0.29, 0.717) is 6.54 Å². The third-order valence-electron chi connectivity index (χ3n) is 3.97. The first-order chi connectivity index (χ1) is 11.7. The number of nitrogens with two attached hydrogens (primary N) is 1. The monoisotopic (exact) mass is 343 g/mol. The zero-order valence-electron chi connectivity index (χ0n) is 15.9. The number of carbonyl (C=O) groups is 1. The van der Waals surface area contributed by atoms with E-state index < -0.39 is 5.60 Å². The van der Waals surface area contributed by atoms with Crippen LogP contribution in [0.25, 0.3) is 0 Å². The van der Waals surface area contributed by atoms with Crippen LogP contribution in [0.4, 0.5) is 5.69 Å². The molecular weight excluding hydrogens is 314 g/mol. The van der Waals surface area contributed by atoms with E-state index in [1.165, 1.54) is 0 Å². The summed E-state index contributed by atoms with van der Waals surface area (Å²) in [6.07, 6.45) is 1.88. The van der Waals surface area contributed by atoms with E-state index in [1.54, 1.807) is 0 Å². The van der Waals surface area contributed by atoms with Gasteiger partial charge in [-0.05, 0) is 51.3 Å². The van der Waals surface area contributed by atoms with Crippen LogP contribution in [0.1, 0.15) is 57.1 Å². The molecule has 2 N–H and O–H groups in total. The van der Waals surface area contributed by atoms with Crippen molar-refractivity contribution < 1.29 is 9.53 Å². The van der Waals surface area contributed by atoms with Gasteiger partial charge in [0.2, 0.25) is 0 Å². The van der Waals surface area contributed by atoms with Gasteiger partial charge in [0.1, 0.15) is 5.60 Å². The molecule has 0 unspecified atom stereocenters. The molecule has 2 aromatic rings. The number of nitrogens with zero attached hydrogens (tertiary/aromatic N) is 2. The predicted molar refractivity (Wildman–Crippen MR) is 100 cm³/mol. The van der Waals surface area contributed by atoms with Crippen molar-refractivity contribution in [2.75, 3.05) is 5.73 Å². The van der Waals surface area contributed by atoms with E-state index in [9.17, 15) is 4.79 Å². The van der Waals surface area contributed by atoms with Crippen molar-refractivity contribution in [3.8, 4) is 0 Å². The number of ether oxygens (including phenoxy) is 1. The Balaban J connectivity index is 2.28. The number of hydrogen-bond acceptors (Lipinski definition) is 4. The fourth-order valence-electron chi connectivity index (χ4n) is 2.92. The van der Waals surface area contributed by atoms with Gasteiger partial charge in [0.05, 0.1) is 18.7 Å². The van der Waals surface area contributed by atoms with E-state index in [0.717, 1.165) is 41.0 Å². The summed E-state index contributed by atoms with van der Waals surface area (Å²) in [7, 11) is 0. The smallest absolute Gasteiger partial charge is 0.310 e. The summed E-state index contributed by atoms with van der Waals surface area (Å²) in [5, 5.41) is 4.74. The highest BCUT2D eigenvalue weighted by Gasteiger charge is 2.22. The van der Waals surface area contributed by atoms with Gasteiger partial charge in [-0.15, -0.1) is 0 Å². The highest BCUT2D eigenvalue weighted by molar-refractivity contribution is 5.73. The van der Waals surface area contributed by atoms with Crippen LogP contribution in [-0.4, -0.2) is 21.4 Å². The van der Waals surface area contributed by atoms with Crippen molar-refractivity contribution in [3.63, 3.8) is 0 Å². The molecule has 0 bridgehead atoms. The number of carbonyl (C=O) groups excluding carboxylic acids is 1. The van der Waals surface area contributed by atoms with E-state index in [1.807, 2.05) is 49.7 Å². The minimum Gasteiger partial charge on any atom is -0.460 e. The van der Waals surface area contributed by atoms with Gasteiger partial charge in [-0.3, -0.25) is 9.48 Å². The minimum absolute atomic E-state index is 0.205. The quantitative estimate of drug-likeness (QED) is 0.643. The van der Waals surface area contributed by atoms with Crippen molar-refractivity contribution in [2.45, 2.75) is 66.0 Å². The Bertz CT molecular complexity index is 725. The first kappa shape index (κ1) is 19.0. The standard InChI is InChI=1S/C20H29N3O2/c1-6-17-16(12-19(24)25-20(3,4)5)18(7-2)23(22-17)13-14-8-10-15(21)11-9-14/h8-11H,6-7,12-13,21H2,1-5H3. The molecule has 25 heavy (non-hydrogen) atoms. The molecule has 0 amide bonds. The molecule has 5 nitrogen and oxygen atoms in total. The van der Waals surface area contributed by atoms with Crippen molar-refractivity contribution in [1.82, 2.24) is 9.78 Å². The van der Waals surface area contributed by atoms with Crippen LogP contribution in [-0.2, 0) is 35.3 Å². The predicted octanol–water partition coefficient (Wildman–Crippen LogP) is 3.52. The Morgan fingerprint density at radius 3 is 2.32 bits per heavy atom. The SMILES string of the molecule is CCc1nn(Cc2ccc(N)cc2)c(CC)c1CC(=O)OC(C)(C)C. The Hall–Kier alpha value is -2.30. The van der Waals surface area contributed by atoms with Gasteiger partial charge in [0.15, 0.2) is 0 Å². The molecule has 1 heterocycles. The molecule has 0 spiro atoms. The maximum absolute atomic E-state index is 12.3. The van der Waals surface area contributed by atoms with Crippen molar-refractivity contribution in [3.05, 3.63) is 46.8 Å². The number of hydrogen-bond donors (Lipinski definition) is 1. The lowest BCUT2D eigenvalue weighted by molar-refractivity contribution is -0.153. The normalized spacial score (nSPS) is 11.6. The second-order valence-corrected chi connectivity index (χ2v) is 7.24. The highest BCUT2D eigenvalue weighted by Crippen LogP contribution is 2.20. The van der Waals surface area contributed by atoms with Gasteiger partial charge in [0.25, 0.3) is 0 Å². The van der Waals surface area contributed by atoms with Crippen LogP contribution >= 0.6 is 0 Å². The first-order valence-corrected chi connectivity index (χ1v) is 8.87. The Kier molecular flexibility index (Phi) is 5.88. The number of esters is 1. The van der Waals surface area contributed by atoms with Gasteiger partial charge in [-0.1, -0.05) is 26.0 Å². The summed E-state index contributed by atoms with van der Waals surface area (Å²) >= 11 is 0. The van der Waals surface area contributed by atoms with Crippen LogP contribution in [0.15, 0.2) is 24.3 Å². The molecule has 0 aliphatic heterocycles. The molecule has 1 aromatic heterocycles. The fraction of sp³-hybridized carbons (Fsp3) is 0.500. The van der Waals surface area contributed by atoms with Gasteiger partial charge < -0.3 is 10.5 Å². The molecule has 0 aliphatic rings. The molecule has 0 saturated carbocycles.